The van der Waals surface area contributed by atoms with Gasteiger partial charge in [-0.3, -0.25) is 5.10 Å². The Morgan fingerprint density at radius 2 is 2.00 bits per heavy atom. The molecule has 4 rings (SSSR count). The number of fused-ring (bicyclic) bond motifs is 2. The van der Waals surface area contributed by atoms with Crippen LogP contribution in [0.2, 0.25) is 0 Å². The number of nitrogens with one attached hydrogen (secondary N) is 1. The fourth-order valence-corrected chi connectivity index (χ4v) is 2.95. The molecule has 0 bridgehead atoms. The predicted octanol–water partition coefficient (Wildman–Crippen LogP) is 3.21. The summed E-state index contributed by atoms with van der Waals surface area (Å²) < 4.78 is 16.4. The van der Waals surface area contributed by atoms with E-state index in [1.807, 2.05) is 30.4 Å². The summed E-state index contributed by atoms with van der Waals surface area (Å²) >= 11 is 0. The van der Waals surface area contributed by atoms with Crippen molar-refractivity contribution in [3.8, 4) is 17.2 Å². The molecule has 2 N–H and O–H groups in total. The summed E-state index contributed by atoms with van der Waals surface area (Å²) in [4.78, 5) is 11.4. The second kappa shape index (κ2) is 6.44. The zero-order chi connectivity index (χ0) is 18.1. The number of carboxylic acid groups (broad SMARTS) is 1. The van der Waals surface area contributed by atoms with Crippen LogP contribution in [-0.4, -0.2) is 41.6 Å². The van der Waals surface area contributed by atoms with Gasteiger partial charge >= 0.3 is 5.97 Å². The van der Waals surface area contributed by atoms with Crippen LogP contribution in [0.15, 0.2) is 30.3 Å². The van der Waals surface area contributed by atoms with Gasteiger partial charge in [0.25, 0.3) is 0 Å². The lowest BCUT2D eigenvalue weighted by Crippen LogP contribution is -2.15. The molecular weight excluding hydrogens is 336 g/mol. The van der Waals surface area contributed by atoms with Gasteiger partial charge in [0, 0.05) is 0 Å². The highest BCUT2D eigenvalue weighted by Gasteiger charge is 2.18. The second-order valence-electron chi connectivity index (χ2n) is 5.72. The van der Waals surface area contributed by atoms with E-state index in [-0.39, 0.29) is 11.3 Å². The second-order valence-corrected chi connectivity index (χ2v) is 5.72. The van der Waals surface area contributed by atoms with Crippen LogP contribution in [0.3, 0.4) is 0 Å². The molecule has 26 heavy (non-hydrogen) atoms. The number of ether oxygens (including phenoxy) is 3. The molecule has 1 aromatic heterocycles. The van der Waals surface area contributed by atoms with Gasteiger partial charge in [0.05, 0.1) is 23.7 Å². The van der Waals surface area contributed by atoms with Crippen LogP contribution >= 0.6 is 0 Å². The lowest BCUT2D eigenvalue weighted by Gasteiger charge is -2.18. The van der Waals surface area contributed by atoms with Gasteiger partial charge in [0.2, 0.25) is 0 Å². The Morgan fingerprint density at radius 1 is 1.19 bits per heavy atom. The maximum Gasteiger partial charge on any atom is 0.339 e. The lowest BCUT2D eigenvalue weighted by molar-refractivity contribution is 0.0693. The van der Waals surface area contributed by atoms with Crippen molar-refractivity contribution in [2.45, 2.75) is 0 Å². The summed E-state index contributed by atoms with van der Waals surface area (Å²) in [5, 5.41) is 17.1. The molecule has 0 fully saturated rings. The van der Waals surface area contributed by atoms with Crippen LogP contribution in [0.25, 0.3) is 23.1 Å². The molecule has 1 aliphatic rings. The Bertz CT molecular complexity index is 1020. The molecule has 7 nitrogen and oxygen atoms in total. The molecule has 0 spiro atoms. The molecule has 0 radical (unpaired) electrons. The van der Waals surface area contributed by atoms with E-state index >= 15 is 0 Å². The molecule has 2 heterocycles. The van der Waals surface area contributed by atoms with E-state index in [0.717, 1.165) is 11.3 Å². The number of carboxylic acids is 1. The van der Waals surface area contributed by atoms with Crippen molar-refractivity contribution in [1.29, 1.82) is 0 Å². The summed E-state index contributed by atoms with van der Waals surface area (Å²) in [5.41, 5.74) is 2.31. The van der Waals surface area contributed by atoms with Gasteiger partial charge < -0.3 is 19.3 Å². The van der Waals surface area contributed by atoms with E-state index in [0.29, 0.717) is 35.6 Å². The van der Waals surface area contributed by atoms with Crippen molar-refractivity contribution in [3.05, 3.63) is 47.2 Å². The topological polar surface area (TPSA) is 93.7 Å². The van der Waals surface area contributed by atoms with Crippen molar-refractivity contribution in [2.24, 2.45) is 0 Å². The van der Waals surface area contributed by atoms with E-state index in [1.165, 1.54) is 13.2 Å². The number of benzene rings is 2. The fourth-order valence-electron chi connectivity index (χ4n) is 2.95. The minimum absolute atomic E-state index is 0.0929. The minimum Gasteiger partial charge on any atom is -0.495 e. The van der Waals surface area contributed by atoms with Gasteiger partial charge in [-0.2, -0.15) is 5.10 Å². The number of H-pyrrole nitrogens is 1. The normalized spacial score (nSPS) is 13.3. The molecule has 132 valence electrons. The predicted molar refractivity (Wildman–Crippen MR) is 96.0 cm³/mol. The Hall–Kier alpha value is -3.48. The van der Waals surface area contributed by atoms with Crippen LogP contribution in [-0.2, 0) is 0 Å². The molecule has 0 aliphatic carbocycles. The van der Waals surface area contributed by atoms with Crippen molar-refractivity contribution in [2.75, 3.05) is 20.3 Å². The van der Waals surface area contributed by atoms with Crippen LogP contribution in [0, 0.1) is 0 Å². The Kier molecular flexibility index (Phi) is 3.96. The molecule has 0 saturated carbocycles. The van der Waals surface area contributed by atoms with Gasteiger partial charge in [0.1, 0.15) is 24.5 Å². The van der Waals surface area contributed by atoms with Gasteiger partial charge in [0.15, 0.2) is 11.5 Å². The van der Waals surface area contributed by atoms with Crippen LogP contribution in [0.4, 0.5) is 0 Å². The van der Waals surface area contributed by atoms with Crippen molar-refractivity contribution in [1.82, 2.24) is 10.2 Å². The minimum atomic E-state index is -1.05. The largest absolute Gasteiger partial charge is 0.495 e. The maximum atomic E-state index is 11.4. The zero-order valence-electron chi connectivity index (χ0n) is 14.0. The molecule has 0 amide bonds. The van der Waals surface area contributed by atoms with E-state index in [4.69, 9.17) is 14.2 Å². The molecule has 0 atom stereocenters. The average molecular weight is 352 g/mol. The quantitative estimate of drug-likeness (QED) is 0.749. The van der Waals surface area contributed by atoms with Crippen molar-refractivity contribution < 1.29 is 24.1 Å². The third kappa shape index (κ3) is 2.73. The number of nitrogens with zero attached hydrogens (tertiary/aromatic N) is 1. The number of rotatable bonds is 4. The third-order valence-electron chi connectivity index (χ3n) is 4.15. The smallest absolute Gasteiger partial charge is 0.339 e. The van der Waals surface area contributed by atoms with Crippen molar-refractivity contribution in [3.63, 3.8) is 0 Å². The highest BCUT2D eigenvalue weighted by atomic mass is 16.6. The Balaban J connectivity index is 1.74. The molecule has 3 aromatic rings. The molecular formula is C19H16N2O5. The SMILES string of the molecule is COc1c(C(=O)O)ccc2n[nH]c(/C=C/c3ccc4c(c3)OCCO4)c12. The average Bonchev–Trinajstić information content (AvgIpc) is 3.08. The van der Waals surface area contributed by atoms with E-state index < -0.39 is 5.97 Å². The molecule has 2 aromatic carbocycles. The Morgan fingerprint density at radius 3 is 2.77 bits per heavy atom. The number of methoxy groups -OCH3 is 1. The number of carbonyl (C=O) groups is 1. The summed E-state index contributed by atoms with van der Waals surface area (Å²) in [7, 11) is 1.45. The van der Waals surface area contributed by atoms with E-state index in [2.05, 4.69) is 10.2 Å². The Labute approximate surface area is 148 Å². The van der Waals surface area contributed by atoms with Crippen LogP contribution in [0.5, 0.6) is 17.2 Å². The first kappa shape index (κ1) is 16.0. The summed E-state index contributed by atoms with van der Waals surface area (Å²) in [6, 6.07) is 8.81. The molecule has 1 aliphatic heterocycles. The van der Waals surface area contributed by atoms with Crippen LogP contribution in [0.1, 0.15) is 21.6 Å². The number of aromatic amines is 1. The van der Waals surface area contributed by atoms with E-state index in [1.54, 1.807) is 6.07 Å². The van der Waals surface area contributed by atoms with Crippen molar-refractivity contribution >= 4 is 29.0 Å². The van der Waals surface area contributed by atoms with Gasteiger partial charge in [-0.15, -0.1) is 0 Å². The number of hydrogen-bond donors (Lipinski definition) is 2. The maximum absolute atomic E-state index is 11.4. The highest BCUT2D eigenvalue weighted by molar-refractivity contribution is 6.02. The summed E-state index contributed by atoms with van der Waals surface area (Å²) in [6.07, 6.45) is 3.72. The molecule has 0 saturated heterocycles. The number of aromatic nitrogens is 2. The fraction of sp³-hybridized carbons (Fsp3) is 0.158. The van der Waals surface area contributed by atoms with Gasteiger partial charge in [-0.05, 0) is 35.9 Å². The standard InChI is InChI=1S/C19H16N2O5/c1-24-18-12(19(22)23)4-6-14-17(18)13(20-21-14)5-2-11-3-7-15-16(10-11)26-9-8-25-15/h2-7,10H,8-9H2,1H3,(H,20,21)(H,22,23)/b5-2+. The van der Waals surface area contributed by atoms with Gasteiger partial charge in [-0.25, -0.2) is 4.79 Å². The number of aromatic carboxylic acids is 1. The summed E-state index contributed by atoms with van der Waals surface area (Å²) in [5.74, 6) is 0.670. The lowest BCUT2D eigenvalue weighted by atomic mass is 10.1. The first-order valence-electron chi connectivity index (χ1n) is 8.03. The molecule has 7 heteroatoms. The monoisotopic (exact) mass is 352 g/mol. The first-order valence-corrected chi connectivity index (χ1v) is 8.03. The zero-order valence-corrected chi connectivity index (χ0v) is 14.0. The van der Waals surface area contributed by atoms with E-state index in [9.17, 15) is 9.90 Å². The van der Waals surface area contributed by atoms with Gasteiger partial charge in [-0.1, -0.05) is 12.1 Å². The molecule has 0 unspecified atom stereocenters. The third-order valence-corrected chi connectivity index (χ3v) is 4.15. The number of hydrogen-bond acceptors (Lipinski definition) is 5. The highest BCUT2D eigenvalue weighted by Crippen LogP contribution is 2.33. The first-order chi connectivity index (χ1) is 12.7. The summed E-state index contributed by atoms with van der Waals surface area (Å²) in [6.45, 7) is 1.08. The van der Waals surface area contributed by atoms with Crippen LogP contribution < -0.4 is 14.2 Å².